The van der Waals surface area contributed by atoms with Gasteiger partial charge in [-0.05, 0) is 0 Å². The van der Waals surface area contributed by atoms with Crippen LogP contribution in [0.5, 0.6) is 0 Å². The Morgan fingerprint density at radius 3 is 1.38 bits per heavy atom. The lowest BCUT2D eigenvalue weighted by Crippen LogP contribution is -1.96. The zero-order chi connectivity index (χ0) is 6.57. The first kappa shape index (κ1) is 8.78. The van der Waals surface area contributed by atoms with Crippen molar-refractivity contribution in [2.45, 2.75) is 0 Å². The van der Waals surface area contributed by atoms with Crippen LogP contribution in [0, 0.1) is 0 Å². The fourth-order valence-electron chi connectivity index (χ4n) is 0.0858. The molecule has 0 aromatic rings. The van der Waals surface area contributed by atoms with Gasteiger partial charge in [0.2, 0.25) is 11.0 Å². The molecule has 0 saturated carbocycles. The van der Waals surface area contributed by atoms with Crippen LogP contribution in [0.3, 0.4) is 0 Å². The first-order valence-electron chi connectivity index (χ1n) is 1.54. The van der Waals surface area contributed by atoms with E-state index in [1.54, 1.807) is 0 Å². The molecule has 2 nitrogen and oxygen atoms in total. The predicted molar refractivity (Wildman–Crippen MR) is 38.4 cm³/mol. The molecule has 0 aliphatic heterocycles. The molecule has 0 saturated heterocycles. The van der Waals surface area contributed by atoms with Gasteiger partial charge in [-0.25, -0.2) is 0 Å². The van der Waals surface area contributed by atoms with Crippen molar-refractivity contribution in [3.8, 4) is 0 Å². The minimum atomic E-state index is -0.583. The summed E-state index contributed by atoms with van der Waals surface area (Å²) in [7, 11) is -0.950. The second-order valence-corrected chi connectivity index (χ2v) is 3.27. The van der Waals surface area contributed by atoms with Crippen LogP contribution in [0.4, 0.5) is 0 Å². The highest BCUT2D eigenvalue weighted by Crippen LogP contribution is 2.26. The maximum absolute atomic E-state index is 10.2. The van der Waals surface area contributed by atoms with Crippen LogP contribution >= 0.6 is 38.3 Å². The molecule has 0 fully saturated rings. The Morgan fingerprint density at radius 2 is 1.25 bits per heavy atom. The number of carbonyl (C=O) groups is 2. The van der Waals surface area contributed by atoms with Crippen LogP contribution in [0.15, 0.2) is 0 Å². The van der Waals surface area contributed by atoms with E-state index in [1.807, 2.05) is 0 Å². The number of halogens is 2. The van der Waals surface area contributed by atoms with E-state index in [9.17, 15) is 9.59 Å². The van der Waals surface area contributed by atoms with Crippen LogP contribution in [-0.2, 0) is 9.59 Å². The number of carbonyl (C=O) groups excluding carboxylic acids is 2. The van der Waals surface area contributed by atoms with E-state index in [0.717, 1.165) is 0 Å². The van der Waals surface area contributed by atoms with Gasteiger partial charge < -0.3 is 0 Å². The lowest BCUT2D eigenvalue weighted by molar-refractivity contribution is -0.126. The molecule has 8 heavy (non-hydrogen) atoms. The normalized spacial score (nSPS) is 11.8. The zero-order valence-corrected chi connectivity index (χ0v) is 7.08. The van der Waals surface area contributed by atoms with E-state index in [0.29, 0.717) is 0 Å². The van der Waals surface area contributed by atoms with Gasteiger partial charge in [-0.2, -0.15) is 0 Å². The van der Waals surface area contributed by atoms with Crippen LogP contribution in [-0.4, -0.2) is 11.0 Å². The van der Waals surface area contributed by atoms with Crippen molar-refractivity contribution in [2.75, 3.05) is 0 Å². The monoisotopic (exact) mass is 190 g/mol. The summed E-state index contributed by atoms with van der Waals surface area (Å²) in [6.45, 7) is 0. The third kappa shape index (κ3) is 2.94. The predicted octanol–water partition coefficient (Wildman–Crippen LogP) is 1.70. The molecule has 0 aromatic carbocycles. The maximum Gasteiger partial charge on any atom is 0.237 e. The SMILES string of the molecule is O=C(PCl)C(=O)PCl. The highest BCUT2D eigenvalue weighted by atomic mass is 35.7. The van der Waals surface area contributed by atoms with Crippen LogP contribution in [0.2, 0.25) is 0 Å². The summed E-state index contributed by atoms with van der Waals surface area (Å²) < 4.78 is 0. The van der Waals surface area contributed by atoms with Gasteiger partial charge in [0.1, 0.15) is 0 Å². The molecule has 0 N–H and O–H groups in total. The third-order valence-corrected chi connectivity index (χ3v) is 2.46. The van der Waals surface area contributed by atoms with Gasteiger partial charge in [-0.3, -0.25) is 9.59 Å². The summed E-state index contributed by atoms with van der Waals surface area (Å²) in [4.78, 5) is 20.4. The Labute approximate surface area is 59.4 Å². The van der Waals surface area contributed by atoms with Gasteiger partial charge in [0.25, 0.3) is 0 Å². The van der Waals surface area contributed by atoms with E-state index in [4.69, 9.17) is 22.5 Å². The van der Waals surface area contributed by atoms with Crippen molar-refractivity contribution in [3.63, 3.8) is 0 Å². The van der Waals surface area contributed by atoms with E-state index in [2.05, 4.69) is 0 Å². The minimum Gasteiger partial charge on any atom is -0.284 e. The van der Waals surface area contributed by atoms with E-state index in [1.165, 1.54) is 0 Å². The average molecular weight is 191 g/mol. The fraction of sp³-hybridized carbons (Fsp3) is 0. The Balaban J connectivity index is 3.64. The Bertz CT molecular complexity index is 101. The number of hydrogen-bond acceptors (Lipinski definition) is 2. The highest BCUT2D eigenvalue weighted by Gasteiger charge is 2.09. The first-order chi connectivity index (χ1) is 3.72. The molecule has 0 aliphatic rings. The third-order valence-electron chi connectivity index (χ3n) is 0.378. The summed E-state index contributed by atoms with van der Waals surface area (Å²) >= 11 is 10.1. The molecule has 46 valence electrons. The largest absolute Gasteiger partial charge is 0.284 e. The standard InChI is InChI=1S/C2H2Cl2O2P2/c3-7-1(5)2(6)8-4/h7-8H. The maximum atomic E-state index is 10.2. The van der Waals surface area contributed by atoms with Gasteiger partial charge in [-0.15, -0.1) is 0 Å². The summed E-state index contributed by atoms with van der Waals surface area (Å²) in [5.41, 5.74) is -1.17. The van der Waals surface area contributed by atoms with Gasteiger partial charge in [0.15, 0.2) is 0 Å². The summed E-state index contributed by atoms with van der Waals surface area (Å²) in [5, 5.41) is 0. The van der Waals surface area contributed by atoms with Crippen LogP contribution in [0.1, 0.15) is 0 Å². The van der Waals surface area contributed by atoms with Crippen molar-refractivity contribution in [3.05, 3.63) is 0 Å². The van der Waals surface area contributed by atoms with Gasteiger partial charge in [0.05, 0.1) is 15.9 Å². The second-order valence-electron chi connectivity index (χ2n) is 0.847. The number of hydrogen-bond donors (Lipinski definition) is 0. The molecule has 6 heteroatoms. The fourth-order valence-corrected chi connectivity index (χ4v) is 1.62. The molecule has 0 amide bonds. The van der Waals surface area contributed by atoms with Crippen molar-refractivity contribution in [1.29, 1.82) is 0 Å². The van der Waals surface area contributed by atoms with E-state index >= 15 is 0 Å². The molecule has 0 bridgehead atoms. The van der Waals surface area contributed by atoms with E-state index < -0.39 is 26.9 Å². The molecule has 0 aliphatic carbocycles. The Morgan fingerprint density at radius 1 is 1.00 bits per heavy atom. The lowest BCUT2D eigenvalue weighted by Gasteiger charge is -1.84. The summed E-state index contributed by atoms with van der Waals surface area (Å²) in [5.74, 6) is 0. The van der Waals surface area contributed by atoms with Crippen molar-refractivity contribution >= 4 is 49.4 Å². The topological polar surface area (TPSA) is 34.1 Å². The Kier molecular flexibility index (Phi) is 5.09. The molecule has 0 spiro atoms. The van der Waals surface area contributed by atoms with Crippen LogP contribution in [0.25, 0.3) is 0 Å². The zero-order valence-electron chi connectivity index (χ0n) is 3.57. The van der Waals surface area contributed by atoms with Gasteiger partial charge >= 0.3 is 0 Å². The minimum absolute atomic E-state index is 0.475. The molecule has 2 atom stereocenters. The molecule has 0 aromatic heterocycles. The summed E-state index contributed by atoms with van der Waals surface area (Å²) in [6, 6.07) is 0. The lowest BCUT2D eigenvalue weighted by atomic mass is 10.9. The van der Waals surface area contributed by atoms with Crippen LogP contribution < -0.4 is 0 Å². The van der Waals surface area contributed by atoms with E-state index in [-0.39, 0.29) is 0 Å². The molecule has 0 heterocycles. The smallest absolute Gasteiger partial charge is 0.237 e. The Hall–Kier alpha value is 0.780. The second kappa shape index (κ2) is 4.64. The van der Waals surface area contributed by atoms with Gasteiger partial charge in [0, 0.05) is 0 Å². The quantitative estimate of drug-likeness (QED) is 0.502. The van der Waals surface area contributed by atoms with Gasteiger partial charge in [-0.1, -0.05) is 22.5 Å². The molecular formula is C2H2Cl2O2P2. The summed E-state index contributed by atoms with van der Waals surface area (Å²) in [6.07, 6.45) is 0. The molecule has 0 radical (unpaired) electrons. The molecular weight excluding hydrogens is 189 g/mol. The molecule has 0 rings (SSSR count). The first-order valence-corrected chi connectivity index (χ1v) is 5.56. The number of rotatable bonds is 3. The van der Waals surface area contributed by atoms with Crippen molar-refractivity contribution < 1.29 is 9.59 Å². The van der Waals surface area contributed by atoms with Crippen molar-refractivity contribution in [1.82, 2.24) is 0 Å². The highest BCUT2D eigenvalue weighted by molar-refractivity contribution is 7.94. The molecule has 2 unspecified atom stereocenters. The van der Waals surface area contributed by atoms with Crippen molar-refractivity contribution in [2.24, 2.45) is 0 Å². The average Bonchev–Trinajstić information content (AvgIpc) is 1.84.